The molecule has 0 unspecified atom stereocenters. The number of anilines is 1. The number of carbonyl (C=O) groups excluding carboxylic acids is 1. The van der Waals surface area contributed by atoms with Gasteiger partial charge in [0.25, 0.3) is 0 Å². The zero-order chi connectivity index (χ0) is 14.6. The number of halogens is 1. The predicted octanol–water partition coefficient (Wildman–Crippen LogP) is 2.26. The van der Waals surface area contributed by atoms with Crippen molar-refractivity contribution in [2.24, 2.45) is 5.73 Å². The number of rotatable bonds is 5. The maximum Gasteiger partial charge on any atom is 0.236 e. The van der Waals surface area contributed by atoms with E-state index in [0.717, 1.165) is 22.3 Å². The van der Waals surface area contributed by atoms with Crippen molar-refractivity contribution >= 4 is 27.5 Å². The highest BCUT2D eigenvalue weighted by molar-refractivity contribution is 9.10. The molecule has 1 rings (SSSR count). The van der Waals surface area contributed by atoms with Crippen molar-refractivity contribution in [3.05, 3.63) is 28.2 Å². The van der Waals surface area contributed by atoms with Gasteiger partial charge >= 0.3 is 0 Å². The minimum absolute atomic E-state index is 0.0482. The Balaban J connectivity index is 2.94. The average molecular weight is 328 g/mol. The normalized spacial score (nSPS) is 11.4. The minimum atomic E-state index is -0.336. The van der Waals surface area contributed by atoms with Crippen LogP contribution < -0.4 is 16.0 Å². The van der Waals surface area contributed by atoms with Crippen molar-refractivity contribution in [1.82, 2.24) is 5.32 Å². The molecule has 5 heteroatoms. The van der Waals surface area contributed by atoms with Crippen LogP contribution >= 0.6 is 15.9 Å². The van der Waals surface area contributed by atoms with E-state index in [1.807, 2.05) is 24.1 Å². The molecular weight excluding hydrogens is 306 g/mol. The van der Waals surface area contributed by atoms with E-state index in [0.29, 0.717) is 0 Å². The number of hydrogen-bond acceptors (Lipinski definition) is 3. The molecule has 0 aliphatic heterocycles. The highest BCUT2D eigenvalue weighted by Gasteiger charge is 2.13. The lowest BCUT2D eigenvalue weighted by molar-refractivity contribution is -0.116. The fourth-order valence-corrected chi connectivity index (χ4v) is 2.07. The van der Waals surface area contributed by atoms with Gasteiger partial charge in [0.05, 0.1) is 6.54 Å². The summed E-state index contributed by atoms with van der Waals surface area (Å²) in [5, 5.41) is 3.45. The molecule has 0 radical (unpaired) electrons. The van der Waals surface area contributed by atoms with E-state index in [-0.39, 0.29) is 18.0 Å². The summed E-state index contributed by atoms with van der Waals surface area (Å²) in [6.45, 7) is 7.32. The predicted molar refractivity (Wildman–Crippen MR) is 83.2 cm³/mol. The highest BCUT2D eigenvalue weighted by atomic mass is 79.9. The van der Waals surface area contributed by atoms with Crippen LogP contribution in [0.15, 0.2) is 22.7 Å². The van der Waals surface area contributed by atoms with Crippen molar-refractivity contribution in [2.45, 2.75) is 32.9 Å². The number of nitrogens with one attached hydrogen (secondary N) is 1. The molecule has 0 aromatic heterocycles. The average Bonchev–Trinajstić information content (AvgIpc) is 2.25. The van der Waals surface area contributed by atoms with Crippen LogP contribution in [-0.2, 0) is 11.3 Å². The molecule has 0 saturated heterocycles. The van der Waals surface area contributed by atoms with E-state index < -0.39 is 0 Å². The quantitative estimate of drug-likeness (QED) is 0.872. The second kappa shape index (κ2) is 6.39. The maximum absolute atomic E-state index is 11.0. The molecule has 0 heterocycles. The topological polar surface area (TPSA) is 58.4 Å². The Morgan fingerprint density at radius 3 is 2.58 bits per heavy atom. The summed E-state index contributed by atoms with van der Waals surface area (Å²) < 4.78 is 0.985. The van der Waals surface area contributed by atoms with Gasteiger partial charge in [0.2, 0.25) is 5.91 Å². The first-order chi connectivity index (χ1) is 8.69. The Bertz CT molecular complexity index is 454. The molecule has 0 atom stereocenters. The Morgan fingerprint density at radius 1 is 1.42 bits per heavy atom. The van der Waals surface area contributed by atoms with Crippen molar-refractivity contribution in [2.75, 3.05) is 18.5 Å². The molecular formula is C14H22BrN3O. The molecule has 0 spiro atoms. The van der Waals surface area contributed by atoms with Gasteiger partial charge in [-0.3, -0.25) is 4.79 Å². The number of amides is 1. The van der Waals surface area contributed by atoms with Crippen molar-refractivity contribution in [1.29, 1.82) is 0 Å². The molecule has 4 nitrogen and oxygen atoms in total. The maximum atomic E-state index is 11.0. The molecule has 19 heavy (non-hydrogen) atoms. The van der Waals surface area contributed by atoms with E-state index in [4.69, 9.17) is 5.73 Å². The van der Waals surface area contributed by atoms with Crippen molar-refractivity contribution in [3.8, 4) is 0 Å². The largest absolute Gasteiger partial charge is 0.368 e. The van der Waals surface area contributed by atoms with Crippen LogP contribution in [0.1, 0.15) is 26.3 Å². The molecule has 0 bridgehead atoms. The first-order valence-corrected chi connectivity index (χ1v) is 7.01. The standard InChI is InChI=1S/C14H22BrN3O/c1-14(2,3)17-8-10-5-6-11(15)7-12(10)18(4)9-13(16)19/h5-7,17H,8-9H2,1-4H3,(H2,16,19). The molecule has 0 fully saturated rings. The van der Waals surface area contributed by atoms with Gasteiger partial charge in [0.1, 0.15) is 0 Å². The first-order valence-electron chi connectivity index (χ1n) is 6.22. The zero-order valence-electron chi connectivity index (χ0n) is 12.0. The molecule has 1 aromatic rings. The van der Waals surface area contributed by atoms with Gasteiger partial charge in [-0.25, -0.2) is 0 Å². The molecule has 1 amide bonds. The summed E-state index contributed by atoms with van der Waals surface area (Å²) in [5.41, 5.74) is 7.45. The number of nitrogens with zero attached hydrogens (tertiary/aromatic N) is 1. The number of likely N-dealkylation sites (N-methyl/N-ethyl adjacent to an activating group) is 1. The van der Waals surface area contributed by atoms with Crippen LogP contribution in [0.3, 0.4) is 0 Å². The van der Waals surface area contributed by atoms with E-state index in [9.17, 15) is 4.79 Å². The van der Waals surface area contributed by atoms with E-state index in [1.165, 1.54) is 0 Å². The molecule has 106 valence electrons. The number of carbonyl (C=O) groups is 1. The first kappa shape index (κ1) is 16.0. The van der Waals surface area contributed by atoms with Crippen LogP contribution in [0.5, 0.6) is 0 Å². The summed E-state index contributed by atoms with van der Waals surface area (Å²) >= 11 is 3.46. The lowest BCUT2D eigenvalue weighted by atomic mass is 10.1. The van der Waals surface area contributed by atoms with Gasteiger partial charge < -0.3 is 16.0 Å². The van der Waals surface area contributed by atoms with E-state index >= 15 is 0 Å². The third-order valence-corrected chi connectivity index (χ3v) is 3.15. The van der Waals surface area contributed by atoms with Crippen LogP contribution in [-0.4, -0.2) is 25.0 Å². The summed E-state index contributed by atoms with van der Waals surface area (Å²) in [6, 6.07) is 6.06. The number of primary amides is 1. The second-order valence-corrected chi connectivity index (χ2v) is 6.61. The third-order valence-electron chi connectivity index (χ3n) is 2.66. The van der Waals surface area contributed by atoms with E-state index in [2.05, 4.69) is 48.1 Å². The molecule has 0 aliphatic carbocycles. The van der Waals surface area contributed by atoms with Gasteiger partial charge in [0, 0.05) is 29.3 Å². The van der Waals surface area contributed by atoms with Crippen LogP contribution in [0.2, 0.25) is 0 Å². The molecule has 0 saturated carbocycles. The summed E-state index contributed by atoms with van der Waals surface area (Å²) in [7, 11) is 1.87. The van der Waals surface area contributed by atoms with Crippen LogP contribution in [0.4, 0.5) is 5.69 Å². The Hall–Kier alpha value is -1.07. The van der Waals surface area contributed by atoms with Gasteiger partial charge in [-0.1, -0.05) is 22.0 Å². The molecule has 3 N–H and O–H groups in total. The van der Waals surface area contributed by atoms with Gasteiger partial charge in [-0.2, -0.15) is 0 Å². The summed E-state index contributed by atoms with van der Waals surface area (Å²) in [4.78, 5) is 12.9. The molecule has 1 aromatic carbocycles. The van der Waals surface area contributed by atoms with Crippen LogP contribution in [0.25, 0.3) is 0 Å². The third kappa shape index (κ3) is 5.61. The Morgan fingerprint density at radius 2 is 2.05 bits per heavy atom. The van der Waals surface area contributed by atoms with Crippen LogP contribution in [0, 0.1) is 0 Å². The van der Waals surface area contributed by atoms with Crippen molar-refractivity contribution < 1.29 is 4.79 Å². The lowest BCUT2D eigenvalue weighted by Gasteiger charge is -2.25. The second-order valence-electron chi connectivity index (χ2n) is 5.70. The fraction of sp³-hybridized carbons (Fsp3) is 0.500. The monoisotopic (exact) mass is 327 g/mol. The number of hydrogen-bond donors (Lipinski definition) is 2. The smallest absolute Gasteiger partial charge is 0.236 e. The van der Waals surface area contributed by atoms with Gasteiger partial charge in [0.15, 0.2) is 0 Å². The minimum Gasteiger partial charge on any atom is -0.368 e. The number of nitrogens with two attached hydrogens (primary N) is 1. The Kier molecular flexibility index (Phi) is 5.38. The molecule has 0 aliphatic rings. The van der Waals surface area contributed by atoms with E-state index in [1.54, 1.807) is 0 Å². The number of benzene rings is 1. The summed E-state index contributed by atoms with van der Waals surface area (Å²) in [6.07, 6.45) is 0. The Labute approximate surface area is 123 Å². The fourth-order valence-electron chi connectivity index (χ4n) is 1.72. The lowest BCUT2D eigenvalue weighted by Crippen LogP contribution is -2.36. The highest BCUT2D eigenvalue weighted by Crippen LogP contribution is 2.24. The van der Waals surface area contributed by atoms with Crippen molar-refractivity contribution in [3.63, 3.8) is 0 Å². The van der Waals surface area contributed by atoms with Gasteiger partial charge in [-0.15, -0.1) is 0 Å². The SMILES string of the molecule is CN(CC(N)=O)c1cc(Br)ccc1CNC(C)(C)C. The zero-order valence-corrected chi connectivity index (χ0v) is 13.5. The summed E-state index contributed by atoms with van der Waals surface area (Å²) in [5.74, 6) is -0.336. The van der Waals surface area contributed by atoms with Gasteiger partial charge in [-0.05, 0) is 38.5 Å².